The van der Waals surface area contributed by atoms with E-state index in [-0.39, 0.29) is 191 Å². The summed E-state index contributed by atoms with van der Waals surface area (Å²) in [6.07, 6.45) is -19.7. The Hall–Kier alpha value is -10.5. The number of carboxylic acids is 1. The number of hydrogen-bond acceptors (Lipinski definition) is 32. The summed E-state index contributed by atoms with van der Waals surface area (Å²) < 4.78 is 92.3. The molecule has 0 bridgehead atoms. The van der Waals surface area contributed by atoms with Crippen molar-refractivity contribution in [2.24, 2.45) is 5.73 Å². The van der Waals surface area contributed by atoms with E-state index in [0.717, 1.165) is 4.90 Å². The maximum Gasteiger partial charge on any atom is 0.416 e. The number of hydrogen-bond donors (Lipinski definition) is 11. The van der Waals surface area contributed by atoms with Gasteiger partial charge in [-0.3, -0.25) is 28.8 Å². The number of nitrogens with one attached hydrogen (secondary N) is 1. The first kappa shape index (κ1) is 93.2. The number of aryl methyl sites for hydroxylation is 1. The van der Waals surface area contributed by atoms with Crippen LogP contribution in [0.3, 0.4) is 0 Å². The van der Waals surface area contributed by atoms with Crippen LogP contribution in [0, 0.1) is 6.92 Å². The normalized spacial score (nSPS) is 23.5. The Morgan fingerprint density at radius 3 is 1.80 bits per heavy atom. The number of fused-ring (bicyclic) bond motifs is 4. The van der Waals surface area contributed by atoms with E-state index in [2.05, 4.69) is 18.5 Å². The lowest BCUT2D eigenvalue weighted by molar-refractivity contribution is -0.271. The van der Waals surface area contributed by atoms with E-state index in [1.807, 2.05) is 0 Å². The molecule has 5 aromatic rings. The monoisotopic (exact) mass is 1720 g/mol. The molecule has 38 nitrogen and oxygen atoms in total. The predicted molar refractivity (Wildman–Crippen MR) is 427 cm³/mol. The third kappa shape index (κ3) is 23.3. The molecule has 4 fully saturated rings. The summed E-state index contributed by atoms with van der Waals surface area (Å²) in [5.41, 5.74) is 7.86. The van der Waals surface area contributed by atoms with Gasteiger partial charge in [-0.25, -0.2) is 14.5 Å². The molecule has 0 aromatic heterocycles. The molecule has 3 unspecified atom stereocenters. The molecule has 123 heavy (non-hydrogen) atoms. The SMILES string of the molecule is C=C1C[C@H]2C(O)C(C(=O)OCc3ccc(O[C@@H]4O[C@H](C(=O)O)[C@@H](O)[C@H](O)[C@H]4O)c(C(=O)NCCOCCOCCOC)c3)c3cc(OCc4cc(COc5cc6c(cc5OC)C(=O)N5CC(=C)C[C@H]5C(O)N6C(=O)OCc5ccc(O[C@@H]6OC[C@@H](O)[C@H](O)[C@H]6O)c(C(=O)CCCOC)c5)cc(OCCOCCOCCCC(N)=O)c4)c(C)cc3C(=O)N2C1. The van der Waals surface area contributed by atoms with Crippen molar-refractivity contribution in [3.63, 3.8) is 0 Å². The van der Waals surface area contributed by atoms with Crippen LogP contribution in [0.5, 0.6) is 34.5 Å². The van der Waals surface area contributed by atoms with E-state index < -0.39 is 146 Å². The highest BCUT2D eigenvalue weighted by Gasteiger charge is 2.51. The fourth-order valence-electron chi connectivity index (χ4n) is 14.8. The van der Waals surface area contributed by atoms with Gasteiger partial charge in [0.2, 0.25) is 18.5 Å². The maximum atomic E-state index is 15.0. The zero-order valence-corrected chi connectivity index (χ0v) is 68.4. The smallest absolute Gasteiger partial charge is 0.416 e. The standard InChI is InChI=1S/C85H105N5O33/c1-45-27-59-70(94)69(82(106)118-40-49-12-14-64(122-84-75(99)72(96)73(97)76(123-84)81(104)105)57(34-49)77(100)87-15-18-112-22-24-113-20-19-109-5)53-35-65(47(3)29-54(53)78(101)88(59)38-45)116-42-50-30-51(32-52(31-50)115-26-25-114-23-21-111-17-8-10-68(86)93)43-117-67-37-58-55(36-66(67)110-6)79(102)89-39-46(2)28-60(89)80(103)90(58)85(107)120-41-48-11-13-63(56(33-48)61(91)9-7-16-108-4)121-83-74(98)71(95)62(92)44-119-83/h11-14,29-37,59-60,62,69-76,80,83-84,92,94-99,103H,1-2,7-10,15-28,38-44H2,3-6H3,(H2,86,93)(H,87,100)(H,104,105)/t59-,60-,62+,69?,70?,71-,72-,73-,74+,75+,76-,80?,83-,84+/m0/s1. The summed E-state index contributed by atoms with van der Waals surface area (Å²) in [5.74, 6) is -6.91. The van der Waals surface area contributed by atoms with Gasteiger partial charge in [-0.15, -0.1) is 0 Å². The fourth-order valence-corrected chi connectivity index (χ4v) is 14.8. The first-order chi connectivity index (χ1) is 59.1. The lowest BCUT2D eigenvalue weighted by atomic mass is 9.86. The number of carbonyl (C=O) groups excluding carboxylic acids is 7. The summed E-state index contributed by atoms with van der Waals surface area (Å²) in [6.45, 7) is 10.1. The lowest BCUT2D eigenvalue weighted by Gasteiger charge is -2.38. The number of rotatable bonds is 43. The molecule has 14 atom stereocenters. The van der Waals surface area contributed by atoms with Crippen LogP contribution in [0.4, 0.5) is 10.5 Å². The number of methoxy groups -OCH3 is 3. The zero-order valence-electron chi connectivity index (χ0n) is 68.4. The number of carbonyl (C=O) groups is 8. The van der Waals surface area contributed by atoms with Gasteiger partial charge in [0.25, 0.3) is 17.7 Å². The third-order valence-electron chi connectivity index (χ3n) is 21.2. The Labute approximate surface area is 707 Å². The summed E-state index contributed by atoms with van der Waals surface area (Å²) in [7, 11) is 4.35. The van der Waals surface area contributed by atoms with Gasteiger partial charge in [0.05, 0.1) is 107 Å². The van der Waals surface area contributed by atoms with Crippen molar-refractivity contribution in [2.75, 3.05) is 125 Å². The second kappa shape index (κ2) is 43.7. The Morgan fingerprint density at radius 1 is 0.545 bits per heavy atom. The van der Waals surface area contributed by atoms with Crippen molar-refractivity contribution < 1.29 is 160 Å². The number of benzene rings is 5. The van der Waals surface area contributed by atoms with Crippen LogP contribution in [0.25, 0.3) is 0 Å². The number of Topliss-reactive ketones (excluding diaryl/α,β-unsaturated/α-hetero) is 1. The first-order valence-electron chi connectivity index (χ1n) is 40.0. The van der Waals surface area contributed by atoms with Gasteiger partial charge in [0.1, 0.15) is 98.6 Å². The zero-order chi connectivity index (χ0) is 88.3. The van der Waals surface area contributed by atoms with E-state index in [1.54, 1.807) is 25.1 Å². The minimum absolute atomic E-state index is 0.00409. The third-order valence-corrected chi connectivity index (χ3v) is 21.2. The number of esters is 1. The Morgan fingerprint density at radius 2 is 1.13 bits per heavy atom. The van der Waals surface area contributed by atoms with E-state index in [9.17, 15) is 84.3 Å². The number of nitrogens with zero attached hydrogens (tertiary/aromatic N) is 3. The number of amides is 5. The summed E-state index contributed by atoms with van der Waals surface area (Å²) in [4.78, 5) is 114. The molecule has 6 heterocycles. The molecule has 5 amide bonds. The van der Waals surface area contributed by atoms with Crippen LogP contribution in [-0.2, 0) is 88.2 Å². The highest BCUT2D eigenvalue weighted by Crippen LogP contribution is 2.45. The number of ketones is 1. The second-order valence-electron chi connectivity index (χ2n) is 30.1. The van der Waals surface area contributed by atoms with Crippen molar-refractivity contribution in [2.45, 2.75) is 158 Å². The number of anilines is 1. The first-order valence-corrected chi connectivity index (χ1v) is 40.0. The van der Waals surface area contributed by atoms with Crippen molar-refractivity contribution in [3.8, 4) is 34.5 Å². The van der Waals surface area contributed by atoms with Crippen molar-refractivity contribution in [1.82, 2.24) is 15.1 Å². The molecule has 0 saturated carbocycles. The number of ether oxygens (including phenoxy) is 16. The number of aliphatic hydroxyl groups excluding tert-OH is 8. The van der Waals surface area contributed by atoms with Gasteiger partial charge in [0.15, 0.2) is 29.6 Å². The minimum atomic E-state index is -2.06. The van der Waals surface area contributed by atoms with E-state index in [1.165, 1.54) is 91.8 Å². The van der Waals surface area contributed by atoms with Crippen molar-refractivity contribution in [3.05, 3.63) is 159 Å². The number of nitrogens with two attached hydrogens (primary N) is 1. The van der Waals surface area contributed by atoms with Crippen LogP contribution in [-0.4, -0.2) is 303 Å². The van der Waals surface area contributed by atoms with Crippen LogP contribution in [0.1, 0.15) is 119 Å². The van der Waals surface area contributed by atoms with Gasteiger partial charge in [-0.2, -0.15) is 0 Å². The number of aliphatic hydroxyl groups is 8. The van der Waals surface area contributed by atoms with Crippen LogP contribution in [0.2, 0.25) is 0 Å². The van der Waals surface area contributed by atoms with Gasteiger partial charge in [-0.1, -0.05) is 36.4 Å². The average molecular weight is 1720 g/mol. The summed E-state index contributed by atoms with van der Waals surface area (Å²) in [6, 6.07) is 17.0. The predicted octanol–water partition coefficient (Wildman–Crippen LogP) is 2.16. The average Bonchev–Trinajstić information content (AvgIpc) is 1.61. The van der Waals surface area contributed by atoms with Crippen LogP contribution < -0.4 is 44.4 Å². The molecule has 38 heteroatoms. The molecule has 4 saturated heterocycles. The lowest BCUT2D eigenvalue weighted by Crippen LogP contribution is -2.61. The molecule has 0 spiro atoms. The summed E-state index contributed by atoms with van der Waals surface area (Å²) in [5, 5.41) is 100. The molecule has 6 aliphatic heterocycles. The van der Waals surface area contributed by atoms with E-state index in [0.29, 0.717) is 66.2 Å². The Kier molecular flexibility index (Phi) is 33.1. The molecule has 11 rings (SSSR count). The Bertz CT molecular complexity index is 4600. The number of carboxylic acid groups (broad SMARTS) is 1. The highest BCUT2D eigenvalue weighted by atomic mass is 16.7. The molecule has 5 aromatic carbocycles. The molecular weight excluding hydrogens is 1620 g/mol. The van der Waals surface area contributed by atoms with Crippen LogP contribution >= 0.6 is 0 Å². The maximum absolute atomic E-state index is 15.0. The second-order valence-corrected chi connectivity index (χ2v) is 30.1. The Balaban J connectivity index is 0.855. The molecular formula is C85H105N5O33. The molecule has 0 aliphatic carbocycles. The van der Waals surface area contributed by atoms with Gasteiger partial charge >= 0.3 is 18.0 Å². The van der Waals surface area contributed by atoms with E-state index in [4.69, 9.17) is 81.5 Å². The van der Waals surface area contributed by atoms with Crippen molar-refractivity contribution in [1.29, 1.82) is 0 Å². The van der Waals surface area contributed by atoms with Gasteiger partial charge in [-0.05, 0) is 127 Å². The summed E-state index contributed by atoms with van der Waals surface area (Å²) >= 11 is 0. The van der Waals surface area contributed by atoms with Gasteiger partial charge in [0, 0.05) is 71.5 Å². The molecule has 0 radical (unpaired) electrons. The van der Waals surface area contributed by atoms with E-state index >= 15 is 0 Å². The van der Waals surface area contributed by atoms with Crippen molar-refractivity contribution >= 4 is 53.1 Å². The quantitative estimate of drug-likeness (QED) is 0.0115. The van der Waals surface area contributed by atoms with Gasteiger partial charge < -0.3 is 143 Å². The van der Waals surface area contributed by atoms with Crippen LogP contribution in [0.15, 0.2) is 103 Å². The fraction of sp³-hybridized carbons (Fsp3) is 0.506. The molecule has 6 aliphatic rings. The highest BCUT2D eigenvalue weighted by molar-refractivity contribution is 6.06. The largest absolute Gasteiger partial charge is 0.493 e. The molecule has 12 N–H and O–H groups in total. The molecule has 668 valence electrons. The minimum Gasteiger partial charge on any atom is -0.493 e. The topological polar surface area (TPSA) is 514 Å². The number of aliphatic carboxylic acids is 1. The number of primary amides is 1.